The van der Waals surface area contributed by atoms with E-state index in [1.807, 2.05) is 13.8 Å². The smallest absolute Gasteiger partial charge is 0.320 e. The Hall–Kier alpha value is -1.10. The van der Waals surface area contributed by atoms with Crippen LogP contribution < -0.4 is 5.32 Å². The average molecular weight is 216 g/mol. The Labute approximate surface area is 90.5 Å². The fourth-order valence-electron chi connectivity index (χ4n) is 1.40. The van der Waals surface area contributed by atoms with Crippen molar-refractivity contribution in [1.82, 2.24) is 10.2 Å². The first-order chi connectivity index (χ1) is 7.02. The molecule has 0 aliphatic rings. The zero-order valence-electron chi connectivity index (χ0n) is 9.62. The minimum atomic E-state index is -0.872. The lowest BCUT2D eigenvalue weighted by atomic mass is 10.1. The second-order valence-electron chi connectivity index (χ2n) is 3.51. The number of amides is 1. The second-order valence-corrected chi connectivity index (χ2v) is 3.51. The summed E-state index contributed by atoms with van der Waals surface area (Å²) in [5.41, 5.74) is 0. The van der Waals surface area contributed by atoms with Crippen molar-refractivity contribution in [3.05, 3.63) is 0 Å². The summed E-state index contributed by atoms with van der Waals surface area (Å²) < 4.78 is 0. The quantitative estimate of drug-likeness (QED) is 0.642. The fourth-order valence-corrected chi connectivity index (χ4v) is 1.40. The molecule has 0 rings (SSSR count). The van der Waals surface area contributed by atoms with Crippen molar-refractivity contribution in [2.24, 2.45) is 0 Å². The fraction of sp³-hybridized carbons (Fsp3) is 0.800. The maximum Gasteiger partial charge on any atom is 0.320 e. The lowest BCUT2D eigenvalue weighted by Gasteiger charge is -2.23. The highest BCUT2D eigenvalue weighted by molar-refractivity contribution is 5.79. The van der Waals surface area contributed by atoms with Gasteiger partial charge in [0.1, 0.15) is 6.04 Å². The molecule has 5 heteroatoms. The Morgan fingerprint density at radius 2 is 2.00 bits per heavy atom. The van der Waals surface area contributed by atoms with Crippen LogP contribution in [0.1, 0.15) is 26.7 Å². The van der Waals surface area contributed by atoms with Crippen LogP contribution in [0.2, 0.25) is 0 Å². The maximum absolute atomic E-state index is 11.2. The number of likely N-dealkylation sites (N-methyl/N-ethyl adjacent to an activating group) is 2. The van der Waals surface area contributed by atoms with Crippen LogP contribution >= 0.6 is 0 Å². The SMILES string of the molecule is CCCC(C(=O)O)N(C)CC(=O)NCC. The molecule has 0 saturated heterocycles. The van der Waals surface area contributed by atoms with Crippen LogP contribution in [0, 0.1) is 0 Å². The third kappa shape index (κ3) is 5.37. The van der Waals surface area contributed by atoms with Gasteiger partial charge in [-0.25, -0.2) is 0 Å². The van der Waals surface area contributed by atoms with E-state index < -0.39 is 12.0 Å². The summed E-state index contributed by atoms with van der Waals surface area (Å²) in [6, 6.07) is -0.572. The van der Waals surface area contributed by atoms with E-state index in [2.05, 4.69) is 5.32 Å². The summed E-state index contributed by atoms with van der Waals surface area (Å²) in [7, 11) is 1.66. The van der Waals surface area contributed by atoms with Crippen LogP contribution in [0.3, 0.4) is 0 Å². The molecule has 0 heterocycles. The molecule has 0 aromatic rings. The Balaban J connectivity index is 4.18. The Morgan fingerprint density at radius 3 is 2.40 bits per heavy atom. The highest BCUT2D eigenvalue weighted by atomic mass is 16.4. The standard InChI is InChI=1S/C10H20N2O3/c1-4-6-8(10(14)15)12(3)7-9(13)11-5-2/h8H,4-7H2,1-3H3,(H,11,13)(H,14,15). The zero-order chi connectivity index (χ0) is 11.8. The molecule has 1 amide bonds. The lowest BCUT2D eigenvalue weighted by Crippen LogP contribution is -2.44. The Bertz CT molecular complexity index is 219. The number of nitrogens with zero attached hydrogens (tertiary/aromatic N) is 1. The van der Waals surface area contributed by atoms with Crippen molar-refractivity contribution in [2.75, 3.05) is 20.1 Å². The first kappa shape index (κ1) is 13.9. The number of hydrogen-bond acceptors (Lipinski definition) is 3. The molecule has 0 fully saturated rings. The molecule has 0 bridgehead atoms. The van der Waals surface area contributed by atoms with E-state index in [4.69, 9.17) is 5.11 Å². The summed E-state index contributed by atoms with van der Waals surface area (Å²) in [6.07, 6.45) is 1.35. The second kappa shape index (κ2) is 7.23. The molecule has 1 unspecified atom stereocenters. The predicted octanol–water partition coefficient (Wildman–Crippen LogP) is 0.308. The van der Waals surface area contributed by atoms with Crippen LogP contribution in [0.5, 0.6) is 0 Å². The highest BCUT2D eigenvalue weighted by Gasteiger charge is 2.22. The zero-order valence-corrected chi connectivity index (χ0v) is 9.62. The average Bonchev–Trinajstić information content (AvgIpc) is 2.13. The molecule has 0 aromatic heterocycles. The van der Waals surface area contributed by atoms with E-state index >= 15 is 0 Å². The first-order valence-corrected chi connectivity index (χ1v) is 5.22. The molecule has 0 aromatic carbocycles. The molecule has 1 atom stereocenters. The molecule has 0 spiro atoms. The van der Waals surface area contributed by atoms with Gasteiger partial charge in [-0.1, -0.05) is 13.3 Å². The summed E-state index contributed by atoms with van der Waals surface area (Å²) >= 11 is 0. The van der Waals surface area contributed by atoms with Gasteiger partial charge in [0.2, 0.25) is 5.91 Å². The third-order valence-electron chi connectivity index (χ3n) is 2.15. The number of hydrogen-bond donors (Lipinski definition) is 2. The first-order valence-electron chi connectivity index (χ1n) is 5.22. The van der Waals surface area contributed by atoms with Gasteiger partial charge in [-0.15, -0.1) is 0 Å². The van der Waals surface area contributed by atoms with Gasteiger partial charge < -0.3 is 10.4 Å². The van der Waals surface area contributed by atoms with Gasteiger partial charge in [0.25, 0.3) is 0 Å². The van der Waals surface area contributed by atoms with Crippen LogP contribution in [0.15, 0.2) is 0 Å². The minimum absolute atomic E-state index is 0.130. The number of carbonyl (C=O) groups excluding carboxylic acids is 1. The molecule has 0 radical (unpaired) electrons. The van der Waals surface area contributed by atoms with Crippen molar-refractivity contribution >= 4 is 11.9 Å². The van der Waals surface area contributed by atoms with Crippen molar-refractivity contribution in [2.45, 2.75) is 32.7 Å². The summed E-state index contributed by atoms with van der Waals surface area (Å²) in [5, 5.41) is 11.6. The van der Waals surface area contributed by atoms with Crippen molar-refractivity contribution in [1.29, 1.82) is 0 Å². The van der Waals surface area contributed by atoms with Gasteiger partial charge in [-0.2, -0.15) is 0 Å². The van der Waals surface area contributed by atoms with Crippen LogP contribution in [0.4, 0.5) is 0 Å². The molecule has 15 heavy (non-hydrogen) atoms. The number of carboxylic acids is 1. The van der Waals surface area contributed by atoms with Crippen LogP contribution in [0.25, 0.3) is 0 Å². The summed E-state index contributed by atoms with van der Waals surface area (Å²) in [6.45, 7) is 4.46. The minimum Gasteiger partial charge on any atom is -0.480 e. The molecule has 0 saturated carbocycles. The van der Waals surface area contributed by atoms with E-state index in [1.54, 1.807) is 11.9 Å². The number of carboxylic acid groups (broad SMARTS) is 1. The third-order valence-corrected chi connectivity index (χ3v) is 2.15. The van der Waals surface area contributed by atoms with Crippen molar-refractivity contribution in [3.8, 4) is 0 Å². The van der Waals surface area contributed by atoms with E-state index in [9.17, 15) is 9.59 Å². The highest BCUT2D eigenvalue weighted by Crippen LogP contribution is 2.04. The molecule has 2 N–H and O–H groups in total. The number of carbonyl (C=O) groups is 2. The monoisotopic (exact) mass is 216 g/mol. The Kier molecular flexibility index (Phi) is 6.70. The van der Waals surface area contributed by atoms with Crippen LogP contribution in [-0.4, -0.2) is 48.1 Å². The summed E-state index contributed by atoms with van der Waals surface area (Å²) in [5.74, 6) is -1.01. The number of rotatable bonds is 7. The largest absolute Gasteiger partial charge is 0.480 e. The topological polar surface area (TPSA) is 69.6 Å². The summed E-state index contributed by atoms with van der Waals surface area (Å²) in [4.78, 5) is 23.7. The normalized spacial score (nSPS) is 12.5. The van der Waals surface area contributed by atoms with Gasteiger partial charge in [-0.05, 0) is 20.4 Å². The van der Waals surface area contributed by atoms with Gasteiger partial charge >= 0.3 is 5.97 Å². The Morgan fingerprint density at radius 1 is 1.40 bits per heavy atom. The van der Waals surface area contributed by atoms with Crippen molar-refractivity contribution in [3.63, 3.8) is 0 Å². The molecule has 0 aliphatic heterocycles. The van der Waals surface area contributed by atoms with Crippen LogP contribution in [-0.2, 0) is 9.59 Å². The van der Waals surface area contributed by atoms with E-state index in [0.29, 0.717) is 13.0 Å². The van der Waals surface area contributed by atoms with Gasteiger partial charge in [0, 0.05) is 6.54 Å². The predicted molar refractivity (Wildman–Crippen MR) is 57.6 cm³/mol. The lowest BCUT2D eigenvalue weighted by molar-refractivity contribution is -0.143. The van der Waals surface area contributed by atoms with E-state index in [1.165, 1.54) is 0 Å². The van der Waals surface area contributed by atoms with Gasteiger partial charge in [0.05, 0.1) is 6.54 Å². The molecular weight excluding hydrogens is 196 g/mol. The maximum atomic E-state index is 11.2. The molecule has 88 valence electrons. The number of aliphatic carboxylic acids is 1. The molecule has 5 nitrogen and oxygen atoms in total. The van der Waals surface area contributed by atoms with Crippen molar-refractivity contribution < 1.29 is 14.7 Å². The van der Waals surface area contributed by atoms with E-state index in [0.717, 1.165) is 6.42 Å². The molecule has 0 aliphatic carbocycles. The van der Waals surface area contributed by atoms with Gasteiger partial charge in [-0.3, -0.25) is 14.5 Å². The molecular formula is C10H20N2O3. The van der Waals surface area contributed by atoms with E-state index in [-0.39, 0.29) is 12.5 Å². The number of nitrogens with one attached hydrogen (secondary N) is 1. The van der Waals surface area contributed by atoms with Gasteiger partial charge in [0.15, 0.2) is 0 Å².